The van der Waals surface area contributed by atoms with Gasteiger partial charge in [0, 0.05) is 44.7 Å². The predicted octanol–water partition coefficient (Wildman–Crippen LogP) is 3.62. The first kappa shape index (κ1) is 23.0. The Hall–Kier alpha value is -2.66. The minimum absolute atomic E-state index is 0.0393. The van der Waals surface area contributed by atoms with Crippen LogP contribution in [0.25, 0.3) is 0 Å². The lowest BCUT2D eigenvalue weighted by molar-refractivity contribution is -0.121. The highest BCUT2D eigenvalue weighted by molar-refractivity contribution is 5.94. The van der Waals surface area contributed by atoms with E-state index in [2.05, 4.69) is 62.3 Å². The van der Waals surface area contributed by atoms with Crippen LogP contribution >= 0.6 is 0 Å². The number of piperazine rings is 1. The molecule has 0 radical (unpaired) electrons. The molecule has 0 bridgehead atoms. The van der Waals surface area contributed by atoms with Gasteiger partial charge in [0.25, 0.3) is 5.91 Å². The van der Waals surface area contributed by atoms with Gasteiger partial charge in [-0.3, -0.25) is 9.59 Å². The number of nitrogens with one attached hydrogen (secondary N) is 1. The Labute approximate surface area is 186 Å². The van der Waals surface area contributed by atoms with Crippen LogP contribution in [0.3, 0.4) is 0 Å². The van der Waals surface area contributed by atoms with Crippen molar-refractivity contribution in [3.8, 4) is 0 Å². The molecule has 2 amide bonds. The molecule has 1 aliphatic heterocycles. The third kappa shape index (κ3) is 6.66. The minimum Gasteiger partial charge on any atom is -0.352 e. The Morgan fingerprint density at radius 1 is 0.871 bits per heavy atom. The maximum Gasteiger partial charge on any atom is 0.253 e. The quantitative estimate of drug-likeness (QED) is 0.775. The molecule has 5 nitrogen and oxygen atoms in total. The monoisotopic (exact) mass is 421 g/mol. The first-order valence-corrected chi connectivity index (χ1v) is 11.2. The molecule has 1 fully saturated rings. The van der Waals surface area contributed by atoms with Crippen molar-refractivity contribution in [2.45, 2.75) is 45.6 Å². The second kappa shape index (κ2) is 10.1. The summed E-state index contributed by atoms with van der Waals surface area (Å²) in [6.45, 7) is 10.4. The number of rotatable bonds is 6. The van der Waals surface area contributed by atoms with E-state index in [9.17, 15) is 9.59 Å². The lowest BCUT2D eigenvalue weighted by atomic mass is 9.86. The Morgan fingerprint density at radius 2 is 1.45 bits per heavy atom. The number of amides is 2. The Morgan fingerprint density at radius 3 is 2.03 bits per heavy atom. The second-order valence-electron chi connectivity index (χ2n) is 9.52. The number of carbonyl (C=O) groups excluding carboxylic acids is 2. The molecule has 2 aromatic carbocycles. The molecule has 0 spiro atoms. The fourth-order valence-corrected chi connectivity index (χ4v) is 3.68. The normalized spacial score (nSPS) is 15.0. The third-order valence-corrected chi connectivity index (χ3v) is 5.94. The predicted molar refractivity (Wildman–Crippen MR) is 125 cm³/mol. The third-order valence-electron chi connectivity index (χ3n) is 5.94. The fraction of sp³-hybridized carbons (Fsp3) is 0.462. The number of hydrogen-bond acceptors (Lipinski definition) is 3. The average Bonchev–Trinajstić information content (AvgIpc) is 2.76. The number of likely N-dealkylation sites (N-methyl/N-ethyl adjacent to an activating group) is 1. The Kier molecular flexibility index (Phi) is 7.50. The van der Waals surface area contributed by atoms with Gasteiger partial charge in [-0.25, -0.2) is 0 Å². The van der Waals surface area contributed by atoms with Crippen molar-refractivity contribution in [2.24, 2.45) is 0 Å². The summed E-state index contributed by atoms with van der Waals surface area (Å²) in [7, 11) is 2.08. The van der Waals surface area contributed by atoms with Crippen LogP contribution in [-0.4, -0.2) is 54.8 Å². The second-order valence-corrected chi connectivity index (χ2v) is 9.52. The van der Waals surface area contributed by atoms with E-state index in [1.807, 2.05) is 29.2 Å². The molecule has 1 saturated heterocycles. The highest BCUT2D eigenvalue weighted by atomic mass is 16.2. The van der Waals surface area contributed by atoms with Gasteiger partial charge in [0.05, 0.1) is 0 Å². The van der Waals surface area contributed by atoms with E-state index in [0.717, 1.165) is 38.2 Å². The van der Waals surface area contributed by atoms with Gasteiger partial charge in [0.15, 0.2) is 0 Å². The van der Waals surface area contributed by atoms with Crippen molar-refractivity contribution in [1.29, 1.82) is 0 Å². The molecule has 5 heteroatoms. The summed E-state index contributed by atoms with van der Waals surface area (Å²) >= 11 is 0. The summed E-state index contributed by atoms with van der Waals surface area (Å²) in [6.07, 6.45) is 1.20. The van der Waals surface area contributed by atoms with Crippen LogP contribution in [0.15, 0.2) is 48.5 Å². The van der Waals surface area contributed by atoms with Crippen molar-refractivity contribution in [2.75, 3.05) is 33.2 Å². The van der Waals surface area contributed by atoms with E-state index in [-0.39, 0.29) is 17.2 Å². The Balaban J connectivity index is 1.43. The van der Waals surface area contributed by atoms with Gasteiger partial charge in [0.1, 0.15) is 0 Å². The summed E-state index contributed by atoms with van der Waals surface area (Å²) in [6, 6.07) is 16.1. The van der Waals surface area contributed by atoms with Gasteiger partial charge in [0.2, 0.25) is 5.91 Å². The lowest BCUT2D eigenvalue weighted by Crippen LogP contribution is -2.47. The van der Waals surface area contributed by atoms with Crippen LogP contribution in [0.2, 0.25) is 0 Å². The average molecular weight is 422 g/mol. The van der Waals surface area contributed by atoms with Gasteiger partial charge in [-0.2, -0.15) is 0 Å². The minimum atomic E-state index is 0.0393. The van der Waals surface area contributed by atoms with E-state index in [1.165, 1.54) is 11.1 Å². The molecule has 3 rings (SSSR count). The first-order valence-electron chi connectivity index (χ1n) is 11.2. The highest BCUT2D eigenvalue weighted by Crippen LogP contribution is 2.22. The van der Waals surface area contributed by atoms with Gasteiger partial charge < -0.3 is 15.1 Å². The lowest BCUT2D eigenvalue weighted by Gasteiger charge is -2.32. The van der Waals surface area contributed by atoms with Crippen molar-refractivity contribution >= 4 is 11.8 Å². The van der Waals surface area contributed by atoms with E-state index < -0.39 is 0 Å². The number of hydrogen-bond donors (Lipinski definition) is 1. The maximum atomic E-state index is 12.6. The summed E-state index contributed by atoms with van der Waals surface area (Å²) in [5.74, 6) is 0.124. The molecular formula is C26H35N3O2. The molecule has 31 heavy (non-hydrogen) atoms. The summed E-state index contributed by atoms with van der Waals surface area (Å²) in [4.78, 5) is 29.0. The molecule has 1 N–H and O–H groups in total. The molecule has 1 aliphatic rings. The van der Waals surface area contributed by atoms with E-state index in [0.29, 0.717) is 18.5 Å². The molecule has 166 valence electrons. The molecule has 0 aliphatic carbocycles. The van der Waals surface area contributed by atoms with Crippen LogP contribution in [-0.2, 0) is 23.2 Å². The zero-order valence-corrected chi connectivity index (χ0v) is 19.3. The van der Waals surface area contributed by atoms with Gasteiger partial charge in [-0.1, -0.05) is 57.2 Å². The smallest absolute Gasteiger partial charge is 0.253 e. The summed E-state index contributed by atoms with van der Waals surface area (Å²) < 4.78 is 0. The molecule has 0 atom stereocenters. The van der Waals surface area contributed by atoms with Gasteiger partial charge >= 0.3 is 0 Å². The molecule has 0 aromatic heterocycles. The van der Waals surface area contributed by atoms with Gasteiger partial charge in [-0.15, -0.1) is 0 Å². The summed E-state index contributed by atoms with van der Waals surface area (Å²) in [5, 5.41) is 2.98. The SMILES string of the molecule is CN1CCN(C(=O)c2ccc(CNC(=O)CCc3ccc(C(C)(C)C)cc3)cc2)CC1. The van der Waals surface area contributed by atoms with Crippen molar-refractivity contribution in [3.63, 3.8) is 0 Å². The van der Waals surface area contributed by atoms with Crippen molar-refractivity contribution in [1.82, 2.24) is 15.1 Å². The highest BCUT2D eigenvalue weighted by Gasteiger charge is 2.20. The standard InChI is InChI=1S/C26H35N3O2/c1-26(2,3)23-12-7-20(8-13-23)9-14-24(30)27-19-21-5-10-22(11-6-21)25(31)29-17-15-28(4)16-18-29/h5-8,10-13H,9,14-19H2,1-4H3,(H,27,30). The van der Waals surface area contributed by atoms with Crippen LogP contribution in [0.1, 0.15) is 54.2 Å². The molecule has 0 saturated carbocycles. The van der Waals surface area contributed by atoms with E-state index in [1.54, 1.807) is 0 Å². The number of nitrogens with zero attached hydrogens (tertiary/aromatic N) is 2. The van der Waals surface area contributed by atoms with Crippen LogP contribution < -0.4 is 5.32 Å². The van der Waals surface area contributed by atoms with E-state index >= 15 is 0 Å². The van der Waals surface area contributed by atoms with Crippen molar-refractivity contribution in [3.05, 3.63) is 70.8 Å². The Bertz CT molecular complexity index is 874. The molecule has 2 aromatic rings. The largest absolute Gasteiger partial charge is 0.352 e. The zero-order chi connectivity index (χ0) is 22.4. The molecule has 1 heterocycles. The fourth-order valence-electron chi connectivity index (χ4n) is 3.68. The molecule has 0 unspecified atom stereocenters. The topological polar surface area (TPSA) is 52.6 Å². The number of carbonyl (C=O) groups is 2. The van der Waals surface area contributed by atoms with Gasteiger partial charge in [-0.05, 0) is 47.7 Å². The zero-order valence-electron chi connectivity index (χ0n) is 19.3. The van der Waals surface area contributed by atoms with Crippen LogP contribution in [0, 0.1) is 0 Å². The first-order chi connectivity index (χ1) is 14.7. The number of aryl methyl sites for hydroxylation is 1. The summed E-state index contributed by atoms with van der Waals surface area (Å²) in [5.41, 5.74) is 4.32. The maximum absolute atomic E-state index is 12.6. The van der Waals surface area contributed by atoms with Crippen LogP contribution in [0.4, 0.5) is 0 Å². The molecular weight excluding hydrogens is 386 g/mol. The van der Waals surface area contributed by atoms with Crippen molar-refractivity contribution < 1.29 is 9.59 Å². The number of benzene rings is 2. The van der Waals surface area contributed by atoms with Crippen LogP contribution in [0.5, 0.6) is 0 Å². The van der Waals surface area contributed by atoms with E-state index in [4.69, 9.17) is 0 Å².